The van der Waals surface area contributed by atoms with Crippen LogP contribution >= 0.6 is 0 Å². The minimum atomic E-state index is 0.366. The molecule has 0 bridgehead atoms. The standard InChI is InChI=1S/C18H27N3/c1-20(2)18(10-6-7-11-18)14-19-12-15-13-21(3)17-9-5-4-8-16(15)17/h4-5,8-9,13,19H,6-7,10-12,14H2,1-3H3. The first-order chi connectivity index (χ1) is 10.1. The number of rotatable bonds is 5. The topological polar surface area (TPSA) is 20.2 Å². The Morgan fingerprint density at radius 1 is 1.19 bits per heavy atom. The van der Waals surface area contributed by atoms with Crippen molar-refractivity contribution in [3.8, 4) is 0 Å². The Balaban J connectivity index is 1.69. The van der Waals surface area contributed by atoms with Gasteiger partial charge in [-0.3, -0.25) is 0 Å². The Bertz CT molecular complexity index is 606. The van der Waals surface area contributed by atoms with E-state index in [9.17, 15) is 0 Å². The molecule has 1 saturated carbocycles. The van der Waals surface area contributed by atoms with Crippen LogP contribution in [-0.2, 0) is 13.6 Å². The molecule has 1 aromatic heterocycles. The molecule has 1 N–H and O–H groups in total. The number of hydrogen-bond acceptors (Lipinski definition) is 2. The number of nitrogens with zero attached hydrogens (tertiary/aromatic N) is 2. The van der Waals surface area contributed by atoms with Crippen molar-refractivity contribution in [2.45, 2.75) is 37.8 Å². The van der Waals surface area contributed by atoms with Crippen molar-refractivity contribution in [3.05, 3.63) is 36.0 Å². The maximum Gasteiger partial charge on any atom is 0.0481 e. The van der Waals surface area contributed by atoms with E-state index in [-0.39, 0.29) is 0 Å². The van der Waals surface area contributed by atoms with Gasteiger partial charge < -0.3 is 14.8 Å². The van der Waals surface area contributed by atoms with Gasteiger partial charge in [-0.1, -0.05) is 31.0 Å². The lowest BCUT2D eigenvalue weighted by molar-refractivity contribution is 0.153. The summed E-state index contributed by atoms with van der Waals surface area (Å²) in [5.74, 6) is 0. The molecule has 0 aliphatic heterocycles. The summed E-state index contributed by atoms with van der Waals surface area (Å²) in [5, 5.41) is 5.09. The second kappa shape index (κ2) is 5.82. The molecule has 1 aliphatic rings. The van der Waals surface area contributed by atoms with Gasteiger partial charge in [0.1, 0.15) is 0 Å². The smallest absolute Gasteiger partial charge is 0.0481 e. The largest absolute Gasteiger partial charge is 0.350 e. The molecule has 1 fully saturated rings. The van der Waals surface area contributed by atoms with Gasteiger partial charge >= 0.3 is 0 Å². The average Bonchev–Trinajstić information content (AvgIpc) is 3.07. The first kappa shape index (κ1) is 14.6. The van der Waals surface area contributed by atoms with Crippen LogP contribution in [0.4, 0.5) is 0 Å². The summed E-state index contributed by atoms with van der Waals surface area (Å²) in [4.78, 5) is 2.43. The summed E-state index contributed by atoms with van der Waals surface area (Å²) in [6.45, 7) is 2.04. The zero-order valence-corrected chi connectivity index (χ0v) is 13.5. The van der Waals surface area contributed by atoms with Crippen LogP contribution in [0.3, 0.4) is 0 Å². The summed E-state index contributed by atoms with van der Waals surface area (Å²) < 4.78 is 2.23. The van der Waals surface area contributed by atoms with Crippen LogP contribution in [0.1, 0.15) is 31.2 Å². The second-order valence-electron chi connectivity index (χ2n) is 6.71. The van der Waals surface area contributed by atoms with Gasteiger partial charge in [0.2, 0.25) is 0 Å². The zero-order chi connectivity index (χ0) is 14.9. The van der Waals surface area contributed by atoms with Gasteiger partial charge in [0.15, 0.2) is 0 Å². The Morgan fingerprint density at radius 2 is 1.90 bits per heavy atom. The van der Waals surface area contributed by atoms with Crippen molar-refractivity contribution in [2.75, 3.05) is 20.6 Å². The summed E-state index contributed by atoms with van der Waals surface area (Å²) in [6, 6.07) is 8.66. The number of benzene rings is 1. The minimum Gasteiger partial charge on any atom is -0.350 e. The lowest BCUT2D eigenvalue weighted by atomic mass is 9.96. The van der Waals surface area contributed by atoms with E-state index in [1.165, 1.54) is 42.1 Å². The number of nitrogens with one attached hydrogen (secondary N) is 1. The zero-order valence-electron chi connectivity index (χ0n) is 13.5. The van der Waals surface area contributed by atoms with Crippen molar-refractivity contribution in [3.63, 3.8) is 0 Å². The number of hydrogen-bond donors (Lipinski definition) is 1. The van der Waals surface area contributed by atoms with E-state index in [0.29, 0.717) is 5.54 Å². The van der Waals surface area contributed by atoms with Crippen molar-refractivity contribution in [2.24, 2.45) is 7.05 Å². The second-order valence-corrected chi connectivity index (χ2v) is 6.71. The normalized spacial score (nSPS) is 17.9. The number of aryl methyl sites for hydroxylation is 1. The fourth-order valence-electron chi connectivity index (χ4n) is 3.81. The molecular weight excluding hydrogens is 258 g/mol. The van der Waals surface area contributed by atoms with E-state index >= 15 is 0 Å². The molecule has 1 aromatic carbocycles. The third-order valence-corrected chi connectivity index (χ3v) is 5.23. The molecule has 0 radical (unpaired) electrons. The first-order valence-electron chi connectivity index (χ1n) is 8.03. The predicted molar refractivity (Wildman–Crippen MR) is 89.5 cm³/mol. The lowest BCUT2D eigenvalue weighted by Gasteiger charge is -2.36. The van der Waals surface area contributed by atoms with Crippen molar-refractivity contribution in [1.82, 2.24) is 14.8 Å². The lowest BCUT2D eigenvalue weighted by Crippen LogP contribution is -2.49. The Morgan fingerprint density at radius 3 is 2.62 bits per heavy atom. The summed E-state index contributed by atoms with van der Waals surface area (Å²) in [5.41, 5.74) is 3.09. The molecule has 0 atom stereocenters. The minimum absolute atomic E-state index is 0.366. The van der Waals surface area contributed by atoms with Crippen molar-refractivity contribution in [1.29, 1.82) is 0 Å². The van der Waals surface area contributed by atoms with Crippen LogP contribution < -0.4 is 5.32 Å². The number of para-hydroxylation sites is 1. The van der Waals surface area contributed by atoms with Crippen LogP contribution in [0.15, 0.2) is 30.5 Å². The van der Waals surface area contributed by atoms with E-state index in [2.05, 4.69) is 66.4 Å². The quantitative estimate of drug-likeness (QED) is 0.910. The van der Waals surface area contributed by atoms with Gasteiger partial charge in [0.05, 0.1) is 0 Å². The number of aromatic nitrogens is 1. The third kappa shape index (κ3) is 2.72. The van der Waals surface area contributed by atoms with Gasteiger partial charge in [-0.15, -0.1) is 0 Å². The fraction of sp³-hybridized carbons (Fsp3) is 0.556. The van der Waals surface area contributed by atoms with Crippen LogP contribution in [0.5, 0.6) is 0 Å². The van der Waals surface area contributed by atoms with Gasteiger partial charge in [-0.2, -0.15) is 0 Å². The molecule has 1 aliphatic carbocycles. The van der Waals surface area contributed by atoms with Gasteiger partial charge in [-0.25, -0.2) is 0 Å². The number of likely N-dealkylation sites (N-methyl/N-ethyl adjacent to an activating group) is 1. The molecule has 0 amide bonds. The highest BCUT2D eigenvalue weighted by atomic mass is 15.2. The fourth-order valence-corrected chi connectivity index (χ4v) is 3.81. The highest BCUT2D eigenvalue weighted by molar-refractivity contribution is 5.83. The maximum absolute atomic E-state index is 3.72. The Labute approximate surface area is 127 Å². The Hall–Kier alpha value is -1.32. The van der Waals surface area contributed by atoms with E-state index in [1.807, 2.05) is 0 Å². The van der Waals surface area contributed by atoms with Crippen molar-refractivity contribution < 1.29 is 0 Å². The highest BCUT2D eigenvalue weighted by Gasteiger charge is 2.35. The highest BCUT2D eigenvalue weighted by Crippen LogP contribution is 2.33. The van der Waals surface area contributed by atoms with Gasteiger partial charge in [-0.05, 0) is 38.6 Å². The van der Waals surface area contributed by atoms with Gasteiger partial charge in [0, 0.05) is 42.8 Å². The molecule has 1 heterocycles. The monoisotopic (exact) mass is 285 g/mol. The summed E-state index contributed by atoms with van der Waals surface area (Å²) >= 11 is 0. The van der Waals surface area contributed by atoms with E-state index in [4.69, 9.17) is 0 Å². The van der Waals surface area contributed by atoms with Crippen LogP contribution in [0, 0.1) is 0 Å². The summed E-state index contributed by atoms with van der Waals surface area (Å²) in [6.07, 6.45) is 7.64. The molecule has 114 valence electrons. The maximum atomic E-state index is 3.72. The first-order valence-corrected chi connectivity index (χ1v) is 8.03. The van der Waals surface area contributed by atoms with E-state index < -0.39 is 0 Å². The third-order valence-electron chi connectivity index (χ3n) is 5.23. The van der Waals surface area contributed by atoms with Gasteiger partial charge in [0.25, 0.3) is 0 Å². The molecule has 0 spiro atoms. The van der Waals surface area contributed by atoms with Crippen LogP contribution in [0.25, 0.3) is 10.9 Å². The molecule has 21 heavy (non-hydrogen) atoms. The molecule has 3 nitrogen and oxygen atoms in total. The van der Waals surface area contributed by atoms with Crippen LogP contribution in [0.2, 0.25) is 0 Å². The molecule has 2 aromatic rings. The Kier molecular flexibility index (Phi) is 4.05. The summed E-state index contributed by atoms with van der Waals surface area (Å²) in [7, 11) is 6.58. The molecule has 0 saturated heterocycles. The SMILES string of the molecule is CN(C)C1(CNCc2cn(C)c3ccccc23)CCCC1. The van der Waals surface area contributed by atoms with E-state index in [1.54, 1.807) is 0 Å². The predicted octanol–water partition coefficient (Wildman–Crippen LogP) is 3.14. The molecular formula is C18H27N3. The van der Waals surface area contributed by atoms with Crippen LogP contribution in [-0.4, -0.2) is 35.6 Å². The average molecular weight is 285 g/mol. The number of fused-ring (bicyclic) bond motifs is 1. The molecule has 3 rings (SSSR count). The van der Waals surface area contributed by atoms with Crippen molar-refractivity contribution >= 4 is 10.9 Å². The van der Waals surface area contributed by atoms with E-state index in [0.717, 1.165) is 13.1 Å². The molecule has 0 unspecified atom stereocenters. The molecule has 3 heteroatoms.